The van der Waals surface area contributed by atoms with Crippen molar-refractivity contribution in [3.8, 4) is 17.0 Å². The number of piperidine rings is 1. The molecule has 3 heterocycles. The van der Waals surface area contributed by atoms with Crippen LogP contribution in [-0.2, 0) is 4.79 Å². The number of anilines is 1. The number of hydrogen-bond donors (Lipinski definition) is 1. The van der Waals surface area contributed by atoms with Crippen molar-refractivity contribution in [1.82, 2.24) is 19.5 Å². The molecule has 1 amide bonds. The first kappa shape index (κ1) is 23.6. The minimum Gasteiger partial charge on any atom is -0.493 e. The number of carbonyl (C=O) groups excluding carboxylic acids is 1. The van der Waals surface area contributed by atoms with Crippen LogP contribution in [0.5, 0.6) is 5.75 Å². The molecular formula is C26H25BrClN5O2. The summed E-state index contributed by atoms with van der Waals surface area (Å²) in [7, 11) is 0. The van der Waals surface area contributed by atoms with Crippen molar-refractivity contribution in [3.05, 3.63) is 76.4 Å². The molecule has 9 heteroatoms. The van der Waals surface area contributed by atoms with E-state index in [9.17, 15) is 4.79 Å². The number of para-hydroxylation sites is 1. The molecule has 0 radical (unpaired) electrons. The first-order valence-electron chi connectivity index (χ1n) is 11.6. The van der Waals surface area contributed by atoms with E-state index in [0.717, 1.165) is 45.8 Å². The number of likely N-dealkylation sites (tertiary alicyclic amines) is 1. The zero-order chi connectivity index (χ0) is 24.2. The van der Waals surface area contributed by atoms with Crippen molar-refractivity contribution < 1.29 is 9.53 Å². The molecule has 0 saturated carbocycles. The third kappa shape index (κ3) is 5.44. The Morgan fingerprint density at radius 2 is 1.86 bits per heavy atom. The van der Waals surface area contributed by atoms with Crippen molar-refractivity contribution >= 4 is 44.9 Å². The van der Waals surface area contributed by atoms with E-state index in [2.05, 4.69) is 26.3 Å². The van der Waals surface area contributed by atoms with Gasteiger partial charge in [0, 0.05) is 35.8 Å². The second-order valence-corrected chi connectivity index (χ2v) is 9.71. The Bertz CT molecular complexity index is 1320. The first-order chi connectivity index (χ1) is 17.1. The van der Waals surface area contributed by atoms with E-state index in [0.29, 0.717) is 31.1 Å². The van der Waals surface area contributed by atoms with Gasteiger partial charge in [-0.15, -0.1) is 0 Å². The maximum absolute atomic E-state index is 12.6. The molecule has 0 spiro atoms. The molecule has 180 valence electrons. The summed E-state index contributed by atoms with van der Waals surface area (Å²) in [4.78, 5) is 19.3. The summed E-state index contributed by atoms with van der Waals surface area (Å²) in [6.45, 7) is 1.79. The third-order valence-electron chi connectivity index (χ3n) is 6.11. The maximum atomic E-state index is 12.6. The summed E-state index contributed by atoms with van der Waals surface area (Å²) in [6, 6.07) is 19.4. The largest absolute Gasteiger partial charge is 0.493 e. The van der Waals surface area contributed by atoms with Gasteiger partial charge in [0.2, 0.25) is 5.91 Å². The van der Waals surface area contributed by atoms with Gasteiger partial charge in [-0.25, -0.2) is 4.98 Å². The molecule has 0 aliphatic carbocycles. The van der Waals surface area contributed by atoms with Crippen LogP contribution in [0.15, 0.2) is 71.3 Å². The summed E-state index contributed by atoms with van der Waals surface area (Å²) < 4.78 is 8.28. The van der Waals surface area contributed by atoms with Crippen LogP contribution in [0.25, 0.3) is 16.9 Å². The standard InChI is InChI=1S/C26H25BrClN5O2/c27-21-17-29-33-24(16-23(31-26(21)33)20-8-4-5-9-22(20)28)30-18-10-13-32(14-11-18)25(34)12-15-35-19-6-2-1-3-7-19/h1-9,16-18,30H,10-15H2. The number of nitrogens with one attached hydrogen (secondary N) is 1. The summed E-state index contributed by atoms with van der Waals surface area (Å²) >= 11 is 9.99. The number of benzene rings is 2. The smallest absolute Gasteiger partial charge is 0.225 e. The van der Waals surface area contributed by atoms with Crippen molar-refractivity contribution in [3.63, 3.8) is 0 Å². The molecule has 35 heavy (non-hydrogen) atoms. The Morgan fingerprint density at radius 3 is 2.63 bits per heavy atom. The maximum Gasteiger partial charge on any atom is 0.225 e. The number of ether oxygens (including phenoxy) is 1. The highest BCUT2D eigenvalue weighted by Crippen LogP contribution is 2.31. The highest BCUT2D eigenvalue weighted by molar-refractivity contribution is 9.10. The fourth-order valence-corrected chi connectivity index (χ4v) is 4.84. The molecule has 1 N–H and O–H groups in total. The number of fused-ring (bicyclic) bond motifs is 1. The number of carbonyl (C=O) groups is 1. The quantitative estimate of drug-likeness (QED) is 0.318. The predicted molar refractivity (Wildman–Crippen MR) is 141 cm³/mol. The Labute approximate surface area is 217 Å². The summed E-state index contributed by atoms with van der Waals surface area (Å²) in [6.07, 6.45) is 3.81. The average Bonchev–Trinajstić information content (AvgIpc) is 3.26. The third-order valence-corrected chi connectivity index (χ3v) is 7.00. The van der Waals surface area contributed by atoms with Crippen LogP contribution >= 0.6 is 27.5 Å². The lowest BCUT2D eigenvalue weighted by Crippen LogP contribution is -2.43. The average molecular weight is 555 g/mol. The van der Waals surface area contributed by atoms with E-state index >= 15 is 0 Å². The molecule has 2 aromatic heterocycles. The normalized spacial score (nSPS) is 14.3. The lowest BCUT2D eigenvalue weighted by molar-refractivity contribution is -0.132. The Balaban J connectivity index is 1.23. The molecule has 1 aliphatic rings. The second kappa shape index (κ2) is 10.7. The molecule has 1 fully saturated rings. The van der Waals surface area contributed by atoms with E-state index < -0.39 is 0 Å². The lowest BCUT2D eigenvalue weighted by Gasteiger charge is -2.33. The van der Waals surface area contributed by atoms with Gasteiger partial charge in [-0.3, -0.25) is 4.79 Å². The van der Waals surface area contributed by atoms with Crippen LogP contribution in [0.4, 0.5) is 5.82 Å². The van der Waals surface area contributed by atoms with Crippen molar-refractivity contribution in [2.45, 2.75) is 25.3 Å². The monoisotopic (exact) mass is 553 g/mol. The molecule has 0 bridgehead atoms. The zero-order valence-corrected chi connectivity index (χ0v) is 21.4. The molecule has 0 unspecified atom stereocenters. The van der Waals surface area contributed by atoms with Gasteiger partial charge in [0.05, 0.1) is 29.4 Å². The van der Waals surface area contributed by atoms with Crippen LogP contribution in [0.2, 0.25) is 5.02 Å². The minimum atomic E-state index is 0.127. The van der Waals surface area contributed by atoms with E-state index in [-0.39, 0.29) is 11.9 Å². The van der Waals surface area contributed by atoms with Crippen molar-refractivity contribution in [1.29, 1.82) is 0 Å². The summed E-state index contributed by atoms with van der Waals surface area (Å²) in [5.74, 6) is 1.76. The topological polar surface area (TPSA) is 71.8 Å². The van der Waals surface area contributed by atoms with Gasteiger partial charge >= 0.3 is 0 Å². The Kier molecular flexibility index (Phi) is 7.20. The zero-order valence-electron chi connectivity index (χ0n) is 19.0. The van der Waals surface area contributed by atoms with Gasteiger partial charge in [0.15, 0.2) is 5.65 Å². The molecular weight excluding hydrogens is 530 g/mol. The molecule has 2 aromatic carbocycles. The van der Waals surface area contributed by atoms with Gasteiger partial charge in [-0.2, -0.15) is 9.61 Å². The van der Waals surface area contributed by atoms with Gasteiger partial charge in [0.25, 0.3) is 0 Å². The Hall–Kier alpha value is -3.10. The lowest BCUT2D eigenvalue weighted by atomic mass is 10.0. The minimum absolute atomic E-state index is 0.127. The SMILES string of the molecule is O=C(CCOc1ccccc1)N1CCC(Nc2cc(-c3ccccc3Cl)nc3c(Br)cnn23)CC1. The number of amides is 1. The molecule has 7 nitrogen and oxygen atoms in total. The molecule has 0 atom stereocenters. The highest BCUT2D eigenvalue weighted by atomic mass is 79.9. The second-order valence-electron chi connectivity index (χ2n) is 8.45. The number of halogens is 2. The van der Waals surface area contributed by atoms with Gasteiger partial charge < -0.3 is 15.0 Å². The number of nitrogens with zero attached hydrogens (tertiary/aromatic N) is 4. The number of rotatable bonds is 7. The fourth-order valence-electron chi connectivity index (χ4n) is 4.26. The molecule has 1 aliphatic heterocycles. The highest BCUT2D eigenvalue weighted by Gasteiger charge is 2.24. The van der Waals surface area contributed by atoms with Gasteiger partial charge in [-0.05, 0) is 47.0 Å². The molecule has 1 saturated heterocycles. The van der Waals surface area contributed by atoms with E-state index in [1.54, 1.807) is 10.7 Å². The fraction of sp³-hybridized carbons (Fsp3) is 0.269. The van der Waals surface area contributed by atoms with Crippen LogP contribution in [0.3, 0.4) is 0 Å². The Morgan fingerprint density at radius 1 is 1.11 bits per heavy atom. The predicted octanol–water partition coefficient (Wildman–Crippen LogP) is 5.68. The van der Waals surface area contributed by atoms with Crippen molar-refractivity contribution in [2.24, 2.45) is 0 Å². The molecule has 5 rings (SSSR count). The number of aromatic nitrogens is 3. The van der Waals surface area contributed by atoms with E-state index in [4.69, 9.17) is 21.3 Å². The van der Waals surface area contributed by atoms with Crippen molar-refractivity contribution in [2.75, 3.05) is 25.0 Å². The van der Waals surface area contributed by atoms with E-state index in [1.807, 2.05) is 65.6 Å². The van der Waals surface area contributed by atoms with Crippen LogP contribution in [0.1, 0.15) is 19.3 Å². The van der Waals surface area contributed by atoms with Crippen LogP contribution in [0, 0.1) is 0 Å². The van der Waals surface area contributed by atoms with E-state index in [1.165, 1.54) is 0 Å². The van der Waals surface area contributed by atoms with Crippen LogP contribution < -0.4 is 10.1 Å². The number of hydrogen-bond acceptors (Lipinski definition) is 5. The summed E-state index contributed by atoms with van der Waals surface area (Å²) in [5.41, 5.74) is 2.36. The van der Waals surface area contributed by atoms with Crippen LogP contribution in [-0.4, -0.2) is 51.1 Å². The first-order valence-corrected chi connectivity index (χ1v) is 12.8. The van der Waals surface area contributed by atoms with Gasteiger partial charge in [-0.1, -0.05) is 48.0 Å². The molecule has 4 aromatic rings. The summed E-state index contributed by atoms with van der Waals surface area (Å²) in [5, 5.41) is 8.75. The van der Waals surface area contributed by atoms with Gasteiger partial charge in [0.1, 0.15) is 11.6 Å².